The summed E-state index contributed by atoms with van der Waals surface area (Å²) in [5.74, 6) is 0.144. The summed E-state index contributed by atoms with van der Waals surface area (Å²) in [5, 5.41) is 0.712. The lowest BCUT2D eigenvalue weighted by molar-refractivity contribution is 0.104. The minimum Gasteiger partial charge on any atom is -0.338 e. The highest BCUT2D eigenvalue weighted by Gasteiger charge is 2.19. The fourth-order valence-electron chi connectivity index (χ4n) is 3.56. The van der Waals surface area contributed by atoms with E-state index in [1.54, 1.807) is 24.5 Å². The Hall–Kier alpha value is -4.32. The van der Waals surface area contributed by atoms with E-state index in [4.69, 9.17) is 0 Å². The van der Waals surface area contributed by atoms with Gasteiger partial charge >= 0.3 is 0 Å². The highest BCUT2D eigenvalue weighted by atomic mass is 16.1. The van der Waals surface area contributed by atoms with E-state index in [-0.39, 0.29) is 5.56 Å². The van der Waals surface area contributed by atoms with Crippen LogP contribution in [-0.4, -0.2) is 25.7 Å². The number of H-pyrrole nitrogens is 2. The van der Waals surface area contributed by atoms with E-state index < -0.39 is 11.3 Å². The summed E-state index contributed by atoms with van der Waals surface area (Å²) in [6, 6.07) is 18.7. The van der Waals surface area contributed by atoms with Crippen LogP contribution in [0.4, 0.5) is 0 Å². The Balaban J connectivity index is 1.65. The average molecular weight is 392 g/mol. The van der Waals surface area contributed by atoms with Gasteiger partial charge in [-0.15, -0.1) is 0 Å². The topological polar surface area (TPSA) is 91.5 Å². The Morgan fingerprint density at radius 2 is 1.70 bits per heavy atom. The Labute approximate surface area is 171 Å². The number of ketones is 1. The smallest absolute Gasteiger partial charge is 0.260 e. The van der Waals surface area contributed by atoms with E-state index in [1.165, 1.54) is 6.08 Å². The lowest BCUT2D eigenvalue weighted by Gasteiger charge is -2.10. The lowest BCUT2D eigenvalue weighted by atomic mass is 9.95. The van der Waals surface area contributed by atoms with Gasteiger partial charge in [0.1, 0.15) is 5.82 Å². The molecule has 0 bridgehead atoms. The number of fused-ring (bicyclic) bond motifs is 2. The van der Waals surface area contributed by atoms with Crippen molar-refractivity contribution in [1.82, 2.24) is 19.9 Å². The monoisotopic (exact) mass is 392 g/mol. The summed E-state index contributed by atoms with van der Waals surface area (Å²) in [5.41, 5.74) is 3.31. The zero-order chi connectivity index (χ0) is 20.5. The number of allylic oxidation sites excluding steroid dienone is 1. The van der Waals surface area contributed by atoms with Gasteiger partial charge in [0, 0.05) is 23.3 Å². The number of carbonyl (C=O) groups excluding carboxylic acids is 1. The number of nitrogens with zero attached hydrogens (tertiary/aromatic N) is 2. The van der Waals surface area contributed by atoms with E-state index in [2.05, 4.69) is 19.9 Å². The third-order valence-electron chi connectivity index (χ3n) is 4.92. The quantitative estimate of drug-likeness (QED) is 0.351. The number of aromatic nitrogens is 4. The first kappa shape index (κ1) is 17.8. The van der Waals surface area contributed by atoms with Crippen molar-refractivity contribution in [1.29, 1.82) is 0 Å². The van der Waals surface area contributed by atoms with Gasteiger partial charge in [-0.1, -0.05) is 42.5 Å². The number of imidazole rings is 1. The van der Waals surface area contributed by atoms with Crippen molar-refractivity contribution in [3.05, 3.63) is 101 Å². The molecule has 3 heterocycles. The first-order valence-electron chi connectivity index (χ1n) is 9.43. The van der Waals surface area contributed by atoms with Gasteiger partial charge in [0.25, 0.3) is 5.56 Å². The van der Waals surface area contributed by atoms with Crippen molar-refractivity contribution in [2.45, 2.75) is 0 Å². The van der Waals surface area contributed by atoms with Crippen molar-refractivity contribution >= 4 is 33.8 Å². The summed E-state index contributed by atoms with van der Waals surface area (Å²) in [4.78, 5) is 40.6. The molecule has 0 spiro atoms. The van der Waals surface area contributed by atoms with Crippen molar-refractivity contribution in [2.24, 2.45) is 0 Å². The molecule has 5 aromatic rings. The van der Waals surface area contributed by atoms with Crippen LogP contribution in [0, 0.1) is 0 Å². The molecule has 5 rings (SSSR count). The molecule has 0 amide bonds. The molecule has 3 aromatic heterocycles. The Morgan fingerprint density at radius 1 is 0.900 bits per heavy atom. The highest BCUT2D eigenvalue weighted by molar-refractivity contribution is 6.14. The molecule has 2 aromatic carbocycles. The average Bonchev–Trinajstić information content (AvgIpc) is 3.20. The number of para-hydroxylation sites is 2. The molecule has 0 saturated carbocycles. The van der Waals surface area contributed by atoms with Gasteiger partial charge in [-0.25, -0.2) is 4.98 Å². The number of pyridine rings is 2. The molecule has 0 saturated heterocycles. The number of hydrogen-bond donors (Lipinski definition) is 2. The van der Waals surface area contributed by atoms with Gasteiger partial charge < -0.3 is 9.97 Å². The number of aromatic amines is 2. The van der Waals surface area contributed by atoms with Crippen LogP contribution in [0.5, 0.6) is 0 Å². The third-order valence-corrected chi connectivity index (χ3v) is 4.92. The Morgan fingerprint density at radius 3 is 2.53 bits per heavy atom. The number of carbonyl (C=O) groups is 1. The molecule has 0 aliphatic heterocycles. The van der Waals surface area contributed by atoms with Gasteiger partial charge in [0.2, 0.25) is 0 Å². The SMILES string of the molecule is O=C(/C=C/c1nc2ccccc2[nH]1)c1c(-c2ccccc2)c2cnccc2[nH]c1=O. The Kier molecular flexibility index (Phi) is 4.29. The molecule has 0 aliphatic carbocycles. The Bertz CT molecular complexity index is 1450. The van der Waals surface area contributed by atoms with Crippen LogP contribution in [0.1, 0.15) is 16.2 Å². The van der Waals surface area contributed by atoms with E-state index >= 15 is 0 Å². The van der Waals surface area contributed by atoms with Gasteiger partial charge in [0.15, 0.2) is 5.78 Å². The van der Waals surface area contributed by atoms with Crippen LogP contribution in [0.15, 0.2) is 83.9 Å². The highest BCUT2D eigenvalue weighted by Crippen LogP contribution is 2.29. The van der Waals surface area contributed by atoms with Crippen molar-refractivity contribution < 1.29 is 4.79 Å². The second-order valence-corrected chi connectivity index (χ2v) is 6.83. The molecular weight excluding hydrogens is 376 g/mol. The van der Waals surface area contributed by atoms with Gasteiger partial charge in [-0.2, -0.15) is 0 Å². The lowest BCUT2D eigenvalue weighted by Crippen LogP contribution is -2.18. The fraction of sp³-hybridized carbons (Fsp3) is 0. The van der Waals surface area contributed by atoms with Gasteiger partial charge in [0.05, 0.1) is 22.1 Å². The van der Waals surface area contributed by atoms with E-state index in [0.717, 1.165) is 16.6 Å². The standard InChI is InChI=1S/C24H16N4O2/c29-20(10-11-21-26-18-8-4-5-9-19(18)27-21)23-22(15-6-2-1-3-7-15)16-14-25-13-12-17(16)28-24(23)30/h1-14H,(H,26,27)(H,28,30)/b11-10+. The summed E-state index contributed by atoms with van der Waals surface area (Å²) >= 11 is 0. The molecule has 2 N–H and O–H groups in total. The largest absolute Gasteiger partial charge is 0.338 e. The molecule has 30 heavy (non-hydrogen) atoms. The molecule has 0 unspecified atom stereocenters. The second kappa shape index (κ2) is 7.25. The zero-order valence-corrected chi connectivity index (χ0v) is 15.8. The van der Waals surface area contributed by atoms with Crippen LogP contribution in [-0.2, 0) is 0 Å². The molecule has 0 fully saturated rings. The van der Waals surface area contributed by atoms with Crippen molar-refractivity contribution in [3.63, 3.8) is 0 Å². The van der Waals surface area contributed by atoms with Crippen molar-refractivity contribution in [2.75, 3.05) is 0 Å². The first-order chi connectivity index (χ1) is 14.7. The number of hydrogen-bond acceptors (Lipinski definition) is 4. The maximum atomic E-state index is 13.1. The first-order valence-corrected chi connectivity index (χ1v) is 9.43. The molecule has 144 valence electrons. The summed E-state index contributed by atoms with van der Waals surface area (Å²) < 4.78 is 0. The normalized spacial score (nSPS) is 11.5. The second-order valence-electron chi connectivity index (χ2n) is 6.83. The number of benzene rings is 2. The summed E-state index contributed by atoms with van der Waals surface area (Å²) in [6.45, 7) is 0. The van der Waals surface area contributed by atoms with E-state index in [1.807, 2.05) is 54.6 Å². The van der Waals surface area contributed by atoms with Crippen LogP contribution >= 0.6 is 0 Å². The van der Waals surface area contributed by atoms with Crippen LogP contribution in [0.3, 0.4) is 0 Å². The number of nitrogens with one attached hydrogen (secondary N) is 2. The van der Waals surface area contributed by atoms with Crippen molar-refractivity contribution in [3.8, 4) is 11.1 Å². The van der Waals surface area contributed by atoms with Crippen LogP contribution in [0.25, 0.3) is 39.1 Å². The maximum absolute atomic E-state index is 13.1. The molecule has 0 radical (unpaired) electrons. The molecule has 0 atom stereocenters. The molecular formula is C24H16N4O2. The predicted octanol–water partition coefficient (Wildman–Crippen LogP) is 4.36. The minimum atomic E-state index is -0.438. The minimum absolute atomic E-state index is 0.0778. The van der Waals surface area contributed by atoms with E-state index in [0.29, 0.717) is 22.3 Å². The number of rotatable bonds is 4. The zero-order valence-electron chi connectivity index (χ0n) is 15.8. The fourth-order valence-corrected chi connectivity index (χ4v) is 3.56. The third kappa shape index (κ3) is 3.10. The van der Waals surface area contributed by atoms with Gasteiger partial charge in [-0.3, -0.25) is 14.6 Å². The molecule has 6 heteroatoms. The summed E-state index contributed by atoms with van der Waals surface area (Å²) in [6.07, 6.45) is 6.23. The van der Waals surface area contributed by atoms with Crippen LogP contribution < -0.4 is 5.56 Å². The van der Waals surface area contributed by atoms with E-state index in [9.17, 15) is 9.59 Å². The van der Waals surface area contributed by atoms with Gasteiger partial charge in [-0.05, 0) is 35.9 Å². The van der Waals surface area contributed by atoms with Crippen LogP contribution in [0.2, 0.25) is 0 Å². The molecule has 0 aliphatic rings. The molecule has 6 nitrogen and oxygen atoms in total. The predicted molar refractivity (Wildman–Crippen MR) is 117 cm³/mol. The summed E-state index contributed by atoms with van der Waals surface area (Å²) in [7, 11) is 0. The maximum Gasteiger partial charge on any atom is 0.260 e.